The van der Waals surface area contributed by atoms with Crippen molar-refractivity contribution in [3.63, 3.8) is 0 Å². The second-order valence-electron chi connectivity index (χ2n) is 6.43. The lowest BCUT2D eigenvalue weighted by Crippen LogP contribution is -2.63. The standard InChI is InChI=1S/C16H25F9O5S.FH/c1-2-3-4-5-8-28-11-12-29-9-6-7-10-30-31(26,27)16(24,25)14(19,20)13(17,18)15(21,22)23;/h2-12H2,1H3;1H. The summed E-state index contributed by atoms with van der Waals surface area (Å²) in [5, 5.41) is -6.83. The van der Waals surface area contributed by atoms with Gasteiger partial charge in [0.1, 0.15) is 0 Å². The Bertz CT molecular complexity index is 611. The average molecular weight is 520 g/mol. The highest BCUT2D eigenvalue weighted by molar-refractivity contribution is 7.87. The summed E-state index contributed by atoms with van der Waals surface area (Å²) in [6.07, 6.45) is -3.37. The van der Waals surface area contributed by atoms with Crippen LogP contribution >= 0.6 is 0 Å². The van der Waals surface area contributed by atoms with Gasteiger partial charge in [0.25, 0.3) is 0 Å². The zero-order valence-electron chi connectivity index (χ0n) is 17.0. The fourth-order valence-corrected chi connectivity index (χ4v) is 2.95. The third kappa shape index (κ3) is 8.82. The van der Waals surface area contributed by atoms with Crippen LogP contribution in [-0.4, -0.2) is 64.7 Å². The smallest absolute Gasteiger partial charge is 0.379 e. The molecular formula is C16H26F10O5S. The van der Waals surface area contributed by atoms with Crippen LogP contribution in [0.4, 0.5) is 44.2 Å². The third-order valence-corrected chi connectivity index (χ3v) is 5.23. The van der Waals surface area contributed by atoms with Gasteiger partial charge in [0.05, 0.1) is 19.8 Å². The number of unbranched alkanes of at least 4 members (excludes halogenated alkanes) is 4. The monoisotopic (exact) mass is 520 g/mol. The molecule has 0 bridgehead atoms. The maximum absolute atomic E-state index is 13.4. The average Bonchev–Trinajstić information content (AvgIpc) is 2.64. The van der Waals surface area contributed by atoms with E-state index in [4.69, 9.17) is 9.47 Å². The summed E-state index contributed by atoms with van der Waals surface area (Å²) in [6, 6.07) is 0. The van der Waals surface area contributed by atoms with Gasteiger partial charge in [0.2, 0.25) is 0 Å². The minimum Gasteiger partial charge on any atom is -0.379 e. The van der Waals surface area contributed by atoms with Crippen molar-refractivity contribution in [1.82, 2.24) is 0 Å². The van der Waals surface area contributed by atoms with Crippen LogP contribution in [0, 0.1) is 0 Å². The second kappa shape index (κ2) is 13.7. The molecule has 0 unspecified atom stereocenters. The molecule has 0 N–H and O–H groups in total. The molecule has 32 heavy (non-hydrogen) atoms. The van der Waals surface area contributed by atoms with E-state index in [0.29, 0.717) is 6.61 Å². The molecule has 0 spiro atoms. The van der Waals surface area contributed by atoms with Gasteiger partial charge >= 0.3 is 33.4 Å². The second-order valence-corrected chi connectivity index (χ2v) is 8.09. The van der Waals surface area contributed by atoms with Gasteiger partial charge < -0.3 is 9.47 Å². The van der Waals surface area contributed by atoms with E-state index < -0.39 is 40.0 Å². The molecule has 0 aromatic carbocycles. The zero-order valence-corrected chi connectivity index (χ0v) is 17.9. The van der Waals surface area contributed by atoms with Crippen LogP contribution < -0.4 is 0 Å². The Labute approximate surface area is 179 Å². The molecule has 0 radical (unpaired) electrons. The number of halogens is 10. The van der Waals surface area contributed by atoms with E-state index in [0.717, 1.165) is 25.7 Å². The van der Waals surface area contributed by atoms with Crippen LogP contribution in [0.2, 0.25) is 0 Å². The lowest BCUT2D eigenvalue weighted by molar-refractivity contribution is -0.382. The molecule has 0 aromatic heterocycles. The first-order valence-electron chi connectivity index (χ1n) is 9.31. The summed E-state index contributed by atoms with van der Waals surface area (Å²) < 4.78 is 151. The van der Waals surface area contributed by atoms with Gasteiger partial charge in [-0.2, -0.15) is 47.9 Å². The predicted molar refractivity (Wildman–Crippen MR) is 93.3 cm³/mol. The van der Waals surface area contributed by atoms with Crippen molar-refractivity contribution in [3.05, 3.63) is 0 Å². The van der Waals surface area contributed by atoms with Gasteiger partial charge in [-0.1, -0.05) is 26.2 Å². The quantitative estimate of drug-likeness (QED) is 0.148. The van der Waals surface area contributed by atoms with Crippen molar-refractivity contribution in [2.24, 2.45) is 0 Å². The van der Waals surface area contributed by atoms with E-state index in [1.54, 1.807) is 0 Å². The molecule has 0 fully saturated rings. The Hall–Kier alpha value is -0.870. The summed E-state index contributed by atoms with van der Waals surface area (Å²) in [7, 11) is -6.80. The molecule has 5 nitrogen and oxygen atoms in total. The van der Waals surface area contributed by atoms with Crippen molar-refractivity contribution in [3.8, 4) is 0 Å². The Morgan fingerprint density at radius 1 is 0.625 bits per heavy atom. The highest BCUT2D eigenvalue weighted by atomic mass is 32.2. The normalized spacial score (nSPS) is 13.8. The van der Waals surface area contributed by atoms with Crippen molar-refractivity contribution < 1.29 is 66.3 Å². The Morgan fingerprint density at radius 2 is 1.06 bits per heavy atom. The van der Waals surface area contributed by atoms with Gasteiger partial charge in [-0.25, -0.2) is 0 Å². The molecule has 0 aliphatic carbocycles. The van der Waals surface area contributed by atoms with Crippen LogP contribution in [-0.2, 0) is 23.8 Å². The summed E-state index contributed by atoms with van der Waals surface area (Å²) in [5.41, 5.74) is 0. The largest absolute Gasteiger partial charge is 0.460 e. The molecular weight excluding hydrogens is 494 g/mol. The van der Waals surface area contributed by atoms with Crippen LogP contribution in [0.5, 0.6) is 0 Å². The summed E-state index contributed by atoms with van der Waals surface area (Å²) in [5.74, 6) is -14.6. The van der Waals surface area contributed by atoms with Crippen LogP contribution in [0.15, 0.2) is 0 Å². The molecule has 0 amide bonds. The highest BCUT2D eigenvalue weighted by Gasteiger charge is 2.85. The molecule has 0 aliphatic heterocycles. The Morgan fingerprint density at radius 3 is 1.50 bits per heavy atom. The summed E-state index contributed by atoms with van der Waals surface area (Å²) in [6.45, 7) is 1.88. The molecule has 16 heteroatoms. The molecule has 0 aliphatic rings. The number of alkyl halides is 9. The first-order chi connectivity index (χ1) is 14.1. The lowest BCUT2D eigenvalue weighted by atomic mass is 10.1. The van der Waals surface area contributed by atoms with Crippen molar-refractivity contribution in [2.75, 3.05) is 33.0 Å². The first kappa shape index (κ1) is 33.3. The summed E-state index contributed by atoms with van der Waals surface area (Å²) in [4.78, 5) is 0. The molecule has 0 saturated heterocycles. The Kier molecular flexibility index (Phi) is 14.3. The van der Waals surface area contributed by atoms with E-state index in [1.165, 1.54) is 0 Å². The van der Waals surface area contributed by atoms with Gasteiger partial charge in [0, 0.05) is 13.2 Å². The maximum Gasteiger partial charge on any atom is 0.460 e. The molecule has 0 saturated carbocycles. The SMILES string of the molecule is CCCCCCOCCOCCCCOS(=O)(=O)C(F)(F)C(F)(F)C(F)(F)C(F)(F)F.F. The fraction of sp³-hybridized carbons (Fsp3) is 1.00. The van der Waals surface area contributed by atoms with E-state index in [9.17, 15) is 47.9 Å². The van der Waals surface area contributed by atoms with Crippen LogP contribution in [0.3, 0.4) is 0 Å². The fourth-order valence-electron chi connectivity index (χ4n) is 2.02. The predicted octanol–water partition coefficient (Wildman–Crippen LogP) is 5.30. The van der Waals surface area contributed by atoms with Crippen LogP contribution in [0.25, 0.3) is 0 Å². The molecule has 0 heterocycles. The zero-order chi connectivity index (χ0) is 24.4. The minimum atomic E-state index is -7.31. The van der Waals surface area contributed by atoms with E-state index in [-0.39, 0.29) is 37.4 Å². The number of hydrogen-bond acceptors (Lipinski definition) is 5. The number of rotatable bonds is 17. The minimum absolute atomic E-state index is 0. The van der Waals surface area contributed by atoms with Crippen molar-refractivity contribution in [1.29, 1.82) is 0 Å². The molecule has 196 valence electrons. The number of hydrogen-bond donors (Lipinski definition) is 0. The molecule has 0 atom stereocenters. The van der Waals surface area contributed by atoms with E-state index in [2.05, 4.69) is 11.1 Å². The lowest BCUT2D eigenvalue weighted by Gasteiger charge is -2.32. The third-order valence-electron chi connectivity index (χ3n) is 3.87. The van der Waals surface area contributed by atoms with Gasteiger partial charge in [0.15, 0.2) is 0 Å². The first-order valence-corrected chi connectivity index (χ1v) is 10.7. The Balaban J connectivity index is 0. The summed E-state index contributed by atoms with van der Waals surface area (Å²) >= 11 is 0. The number of ether oxygens (including phenoxy) is 2. The van der Waals surface area contributed by atoms with Crippen molar-refractivity contribution >= 4 is 10.1 Å². The van der Waals surface area contributed by atoms with Gasteiger partial charge in [-0.05, 0) is 19.3 Å². The van der Waals surface area contributed by atoms with Gasteiger partial charge in [-0.15, -0.1) is 0 Å². The van der Waals surface area contributed by atoms with Crippen molar-refractivity contribution in [2.45, 2.75) is 68.7 Å². The van der Waals surface area contributed by atoms with Crippen LogP contribution in [0.1, 0.15) is 45.4 Å². The molecule has 0 aromatic rings. The topological polar surface area (TPSA) is 61.8 Å². The maximum atomic E-state index is 13.4. The van der Waals surface area contributed by atoms with Gasteiger partial charge in [-0.3, -0.25) is 8.89 Å². The van der Waals surface area contributed by atoms with E-state index >= 15 is 0 Å². The van der Waals surface area contributed by atoms with E-state index in [1.807, 2.05) is 0 Å². The highest BCUT2D eigenvalue weighted by Crippen LogP contribution is 2.54. The molecule has 0 rings (SSSR count).